The Morgan fingerprint density at radius 3 is 3.00 bits per heavy atom. The highest BCUT2D eigenvalue weighted by atomic mass is 16.3. The molecular weight excluding hydrogens is 184 g/mol. The van der Waals surface area contributed by atoms with Crippen molar-refractivity contribution >= 4 is 17.7 Å². The van der Waals surface area contributed by atoms with Crippen molar-refractivity contribution in [3.63, 3.8) is 0 Å². The molecule has 0 saturated carbocycles. The van der Waals surface area contributed by atoms with Gasteiger partial charge in [0.05, 0.1) is 19.1 Å². The molecule has 74 valence electrons. The lowest BCUT2D eigenvalue weighted by atomic mass is 10.3. The lowest BCUT2D eigenvalue weighted by molar-refractivity contribution is -0.117. The molecule has 1 atom stereocenters. The van der Waals surface area contributed by atoms with E-state index in [1.807, 2.05) is 0 Å². The quantitative estimate of drug-likeness (QED) is 0.608. The van der Waals surface area contributed by atoms with Gasteiger partial charge in [-0.1, -0.05) is 0 Å². The Bertz CT molecular complexity index is 368. The van der Waals surface area contributed by atoms with Crippen molar-refractivity contribution in [2.75, 3.05) is 17.2 Å². The van der Waals surface area contributed by atoms with Crippen molar-refractivity contribution in [1.82, 2.24) is 9.97 Å². The minimum atomic E-state index is -0.632. The first-order valence-electron chi connectivity index (χ1n) is 4.24. The van der Waals surface area contributed by atoms with Gasteiger partial charge in [-0.2, -0.15) is 4.98 Å². The highest BCUT2D eigenvalue weighted by Gasteiger charge is 2.30. The summed E-state index contributed by atoms with van der Waals surface area (Å²) in [5, 5.41) is 9.25. The minimum absolute atomic E-state index is 0.123. The Labute approximate surface area is 80.4 Å². The fraction of sp³-hybridized carbons (Fsp3) is 0.375. The van der Waals surface area contributed by atoms with Crippen LogP contribution in [-0.4, -0.2) is 33.6 Å². The first kappa shape index (κ1) is 8.89. The SMILES string of the molecule is Nc1ccnc(N2CC(O)CC2=O)n1. The van der Waals surface area contributed by atoms with Crippen molar-refractivity contribution in [2.24, 2.45) is 0 Å². The van der Waals surface area contributed by atoms with Crippen LogP contribution in [0.1, 0.15) is 6.42 Å². The third-order valence-electron chi connectivity index (χ3n) is 2.01. The van der Waals surface area contributed by atoms with E-state index in [0.29, 0.717) is 5.82 Å². The second-order valence-corrected chi connectivity index (χ2v) is 3.14. The zero-order chi connectivity index (χ0) is 10.1. The summed E-state index contributed by atoms with van der Waals surface area (Å²) in [7, 11) is 0. The molecule has 1 amide bonds. The van der Waals surface area contributed by atoms with Crippen molar-refractivity contribution in [3.8, 4) is 0 Å². The van der Waals surface area contributed by atoms with E-state index in [1.165, 1.54) is 11.1 Å². The van der Waals surface area contributed by atoms with Gasteiger partial charge < -0.3 is 10.8 Å². The van der Waals surface area contributed by atoms with Gasteiger partial charge in [0.15, 0.2) is 0 Å². The highest BCUT2D eigenvalue weighted by molar-refractivity contribution is 5.94. The van der Waals surface area contributed by atoms with Gasteiger partial charge in [-0.05, 0) is 6.07 Å². The number of nitrogens with zero attached hydrogens (tertiary/aromatic N) is 3. The summed E-state index contributed by atoms with van der Waals surface area (Å²) in [5.41, 5.74) is 5.45. The van der Waals surface area contributed by atoms with Crippen LogP contribution in [0.3, 0.4) is 0 Å². The molecule has 0 spiro atoms. The summed E-state index contributed by atoms with van der Waals surface area (Å²) in [6.07, 6.45) is 0.973. The van der Waals surface area contributed by atoms with Gasteiger partial charge in [0.2, 0.25) is 11.9 Å². The maximum absolute atomic E-state index is 11.3. The Morgan fingerprint density at radius 2 is 2.43 bits per heavy atom. The summed E-state index contributed by atoms with van der Waals surface area (Å²) >= 11 is 0. The number of carbonyl (C=O) groups is 1. The number of hydrogen-bond acceptors (Lipinski definition) is 5. The first-order valence-corrected chi connectivity index (χ1v) is 4.24. The maximum atomic E-state index is 11.3. The molecule has 1 saturated heterocycles. The number of nitrogens with two attached hydrogens (primary N) is 1. The predicted octanol–water partition coefficient (Wildman–Crippen LogP) is -0.844. The van der Waals surface area contributed by atoms with Gasteiger partial charge in [0, 0.05) is 6.20 Å². The molecule has 0 radical (unpaired) electrons. The first-order chi connectivity index (χ1) is 6.66. The number of carbonyl (C=O) groups excluding carboxylic acids is 1. The zero-order valence-electron chi connectivity index (χ0n) is 7.42. The molecule has 1 aromatic rings. The van der Waals surface area contributed by atoms with E-state index in [9.17, 15) is 9.90 Å². The maximum Gasteiger partial charge on any atom is 0.234 e. The fourth-order valence-corrected chi connectivity index (χ4v) is 1.37. The second-order valence-electron chi connectivity index (χ2n) is 3.14. The molecule has 6 heteroatoms. The highest BCUT2D eigenvalue weighted by Crippen LogP contribution is 2.17. The molecule has 2 heterocycles. The number of rotatable bonds is 1. The predicted molar refractivity (Wildman–Crippen MR) is 49.4 cm³/mol. The lowest BCUT2D eigenvalue weighted by Crippen LogP contribution is -2.27. The van der Waals surface area contributed by atoms with Gasteiger partial charge in [-0.3, -0.25) is 9.69 Å². The molecule has 1 fully saturated rings. The zero-order valence-corrected chi connectivity index (χ0v) is 7.42. The van der Waals surface area contributed by atoms with Crippen LogP contribution in [0.2, 0.25) is 0 Å². The third-order valence-corrected chi connectivity index (χ3v) is 2.01. The minimum Gasteiger partial charge on any atom is -0.391 e. The van der Waals surface area contributed by atoms with Crippen LogP contribution in [-0.2, 0) is 4.79 Å². The van der Waals surface area contributed by atoms with Crippen LogP contribution in [0.15, 0.2) is 12.3 Å². The van der Waals surface area contributed by atoms with Crippen molar-refractivity contribution in [3.05, 3.63) is 12.3 Å². The molecule has 1 aliphatic rings. The normalized spacial score (nSPS) is 21.6. The molecule has 0 aliphatic carbocycles. The standard InChI is InChI=1S/C8H10N4O2/c9-6-1-2-10-8(11-6)12-4-5(13)3-7(12)14/h1-2,5,13H,3-4H2,(H2,9,10,11). The molecule has 3 N–H and O–H groups in total. The monoisotopic (exact) mass is 194 g/mol. The molecule has 14 heavy (non-hydrogen) atoms. The number of aromatic nitrogens is 2. The number of anilines is 2. The van der Waals surface area contributed by atoms with Gasteiger partial charge in [-0.15, -0.1) is 0 Å². The van der Waals surface area contributed by atoms with Gasteiger partial charge >= 0.3 is 0 Å². The molecule has 0 aromatic carbocycles. The Kier molecular flexibility index (Phi) is 2.05. The Hall–Kier alpha value is -1.69. The van der Waals surface area contributed by atoms with Crippen LogP contribution in [0.4, 0.5) is 11.8 Å². The molecule has 1 aliphatic heterocycles. The number of nitrogen functional groups attached to an aromatic ring is 1. The van der Waals surface area contributed by atoms with Crippen molar-refractivity contribution in [1.29, 1.82) is 0 Å². The number of hydrogen-bond donors (Lipinski definition) is 2. The van der Waals surface area contributed by atoms with Crippen LogP contribution < -0.4 is 10.6 Å². The van der Waals surface area contributed by atoms with E-state index in [1.54, 1.807) is 6.07 Å². The van der Waals surface area contributed by atoms with Crippen molar-refractivity contribution in [2.45, 2.75) is 12.5 Å². The van der Waals surface area contributed by atoms with Crippen LogP contribution in [0.5, 0.6) is 0 Å². The summed E-state index contributed by atoms with van der Waals surface area (Å²) in [6, 6.07) is 1.54. The van der Waals surface area contributed by atoms with E-state index in [0.717, 1.165) is 0 Å². The molecular formula is C8H10N4O2. The summed E-state index contributed by atoms with van der Waals surface area (Å²) < 4.78 is 0. The number of aliphatic hydroxyl groups excluding tert-OH is 1. The van der Waals surface area contributed by atoms with Gasteiger partial charge in [-0.25, -0.2) is 4.98 Å². The number of β-amino-alcohol motifs (C(OH)–C–C–N with tert-alkyl or cyclic N) is 1. The van der Waals surface area contributed by atoms with Crippen molar-refractivity contribution < 1.29 is 9.90 Å². The Balaban J connectivity index is 2.27. The Morgan fingerprint density at radius 1 is 1.64 bits per heavy atom. The topological polar surface area (TPSA) is 92.3 Å². The second kappa shape index (κ2) is 3.22. The van der Waals surface area contributed by atoms with E-state index in [4.69, 9.17) is 5.73 Å². The third kappa shape index (κ3) is 1.51. The summed E-state index contributed by atoms with van der Waals surface area (Å²) in [6.45, 7) is 0.238. The lowest BCUT2D eigenvalue weighted by Gasteiger charge is -2.12. The summed E-state index contributed by atoms with van der Waals surface area (Å²) in [4.78, 5) is 20.5. The molecule has 1 aromatic heterocycles. The van der Waals surface area contributed by atoms with E-state index >= 15 is 0 Å². The smallest absolute Gasteiger partial charge is 0.234 e. The molecule has 1 unspecified atom stereocenters. The summed E-state index contributed by atoms with van der Waals surface area (Å²) in [5.74, 6) is 0.388. The van der Waals surface area contributed by atoms with E-state index in [2.05, 4.69) is 9.97 Å². The molecule has 0 bridgehead atoms. The van der Waals surface area contributed by atoms with E-state index in [-0.39, 0.29) is 24.8 Å². The largest absolute Gasteiger partial charge is 0.391 e. The fourth-order valence-electron chi connectivity index (χ4n) is 1.37. The number of amides is 1. The number of aliphatic hydroxyl groups is 1. The van der Waals surface area contributed by atoms with Crippen LogP contribution in [0, 0.1) is 0 Å². The van der Waals surface area contributed by atoms with Gasteiger partial charge in [0.1, 0.15) is 5.82 Å². The van der Waals surface area contributed by atoms with Crippen LogP contribution in [0.25, 0.3) is 0 Å². The van der Waals surface area contributed by atoms with E-state index < -0.39 is 6.10 Å². The van der Waals surface area contributed by atoms with Gasteiger partial charge in [0.25, 0.3) is 0 Å². The molecule has 6 nitrogen and oxygen atoms in total. The average Bonchev–Trinajstić information content (AvgIpc) is 2.45. The molecule has 2 rings (SSSR count). The van der Waals surface area contributed by atoms with Crippen LogP contribution >= 0.6 is 0 Å². The average molecular weight is 194 g/mol.